The molecule has 0 atom stereocenters. The van der Waals surface area contributed by atoms with Gasteiger partial charge in [-0.15, -0.1) is 0 Å². The Balaban J connectivity index is 2.10. The molecule has 1 heterocycles. The fraction of sp³-hybridized carbons (Fsp3) is 0.941. The lowest BCUT2D eigenvalue weighted by atomic mass is 10.0. The average molecular weight is 314 g/mol. The molecule has 1 fully saturated rings. The predicted octanol–water partition coefficient (Wildman–Crippen LogP) is 3.42. The Morgan fingerprint density at radius 3 is 2.00 bits per heavy atom. The second kappa shape index (κ2) is 9.75. The summed E-state index contributed by atoms with van der Waals surface area (Å²) in [5, 5.41) is 0. The van der Waals surface area contributed by atoms with Crippen LogP contribution in [0.15, 0.2) is 0 Å². The Bertz CT molecular complexity index is 296. The minimum atomic E-state index is -0.138. The quantitative estimate of drug-likeness (QED) is 0.495. The molecular formula is C17H35N3S. The maximum absolute atomic E-state index is 5.86. The molecule has 21 heavy (non-hydrogen) atoms. The summed E-state index contributed by atoms with van der Waals surface area (Å²) in [4.78, 5) is 5.64. The van der Waals surface area contributed by atoms with E-state index in [1.165, 1.54) is 51.5 Å². The highest BCUT2D eigenvalue weighted by atomic mass is 32.1. The van der Waals surface area contributed by atoms with E-state index in [9.17, 15) is 0 Å². The van der Waals surface area contributed by atoms with E-state index in [-0.39, 0.29) is 5.54 Å². The molecule has 0 bridgehead atoms. The van der Waals surface area contributed by atoms with Crippen molar-refractivity contribution in [2.75, 3.05) is 32.7 Å². The van der Waals surface area contributed by atoms with Crippen LogP contribution < -0.4 is 5.73 Å². The number of rotatable bonds is 10. The summed E-state index contributed by atoms with van der Waals surface area (Å²) in [6.45, 7) is 12.3. The van der Waals surface area contributed by atoms with Crippen LogP contribution in [-0.4, -0.2) is 53.1 Å². The molecule has 4 heteroatoms. The van der Waals surface area contributed by atoms with E-state index in [1.807, 2.05) is 0 Å². The van der Waals surface area contributed by atoms with Gasteiger partial charge in [-0.25, -0.2) is 0 Å². The molecule has 1 aliphatic rings. The van der Waals surface area contributed by atoms with Gasteiger partial charge in [-0.2, -0.15) is 0 Å². The fourth-order valence-electron chi connectivity index (χ4n) is 2.98. The van der Waals surface area contributed by atoms with Gasteiger partial charge in [0.25, 0.3) is 0 Å². The fourth-order valence-corrected chi connectivity index (χ4v) is 3.11. The third kappa shape index (κ3) is 6.62. The number of nitrogens with zero attached hydrogens (tertiary/aromatic N) is 2. The number of unbranched alkanes of at least 4 members (excludes halogenated alkanes) is 6. The summed E-state index contributed by atoms with van der Waals surface area (Å²) in [5.74, 6) is 0. The molecule has 124 valence electrons. The monoisotopic (exact) mass is 313 g/mol. The Morgan fingerprint density at radius 2 is 1.48 bits per heavy atom. The number of hydrogen-bond donors (Lipinski definition) is 1. The summed E-state index contributed by atoms with van der Waals surface area (Å²) < 4.78 is 0. The minimum Gasteiger partial charge on any atom is -0.392 e. The van der Waals surface area contributed by atoms with E-state index in [4.69, 9.17) is 18.0 Å². The summed E-state index contributed by atoms with van der Waals surface area (Å²) >= 11 is 5.19. The van der Waals surface area contributed by atoms with Gasteiger partial charge < -0.3 is 10.6 Å². The highest BCUT2D eigenvalue weighted by Gasteiger charge is 2.31. The molecule has 1 saturated heterocycles. The molecule has 2 N–H and O–H groups in total. The number of nitrogens with two attached hydrogens (primary N) is 1. The zero-order valence-electron chi connectivity index (χ0n) is 14.4. The number of thiocarbonyl (C=S) groups is 1. The van der Waals surface area contributed by atoms with Crippen molar-refractivity contribution in [2.45, 2.75) is 71.3 Å². The zero-order valence-corrected chi connectivity index (χ0v) is 15.2. The van der Waals surface area contributed by atoms with Crippen molar-refractivity contribution < 1.29 is 0 Å². The molecule has 0 radical (unpaired) electrons. The first kappa shape index (κ1) is 18.9. The van der Waals surface area contributed by atoms with Crippen molar-refractivity contribution in [3.8, 4) is 0 Å². The third-order valence-corrected chi connectivity index (χ3v) is 5.34. The first-order valence-corrected chi connectivity index (χ1v) is 9.16. The smallest absolute Gasteiger partial charge is 0.0928 e. The van der Waals surface area contributed by atoms with E-state index in [0.717, 1.165) is 26.2 Å². The van der Waals surface area contributed by atoms with Gasteiger partial charge in [-0.3, -0.25) is 4.90 Å². The lowest BCUT2D eigenvalue weighted by Crippen LogP contribution is -2.59. The van der Waals surface area contributed by atoms with Crippen LogP contribution in [0.25, 0.3) is 0 Å². The van der Waals surface area contributed by atoms with Crippen LogP contribution in [0.4, 0.5) is 0 Å². The summed E-state index contributed by atoms with van der Waals surface area (Å²) in [6, 6.07) is 0. The lowest BCUT2D eigenvalue weighted by Gasteiger charge is -2.43. The largest absolute Gasteiger partial charge is 0.392 e. The second-order valence-corrected chi connectivity index (χ2v) is 7.31. The first-order valence-electron chi connectivity index (χ1n) is 8.75. The van der Waals surface area contributed by atoms with Crippen LogP contribution >= 0.6 is 12.2 Å². The molecule has 0 aromatic carbocycles. The van der Waals surface area contributed by atoms with Crippen LogP contribution in [0.3, 0.4) is 0 Å². The van der Waals surface area contributed by atoms with E-state index in [1.54, 1.807) is 0 Å². The van der Waals surface area contributed by atoms with Crippen molar-refractivity contribution in [2.24, 2.45) is 5.73 Å². The van der Waals surface area contributed by atoms with Gasteiger partial charge in [-0.05, 0) is 26.8 Å². The van der Waals surface area contributed by atoms with Gasteiger partial charge >= 0.3 is 0 Å². The molecule has 0 aliphatic carbocycles. The molecule has 1 rings (SSSR count). The lowest BCUT2D eigenvalue weighted by molar-refractivity contribution is 0.0850. The van der Waals surface area contributed by atoms with Crippen molar-refractivity contribution in [3.63, 3.8) is 0 Å². The van der Waals surface area contributed by atoms with Crippen LogP contribution in [0, 0.1) is 0 Å². The molecule has 1 aliphatic heterocycles. The van der Waals surface area contributed by atoms with Crippen LogP contribution in [0.5, 0.6) is 0 Å². The van der Waals surface area contributed by atoms with Crippen molar-refractivity contribution in [3.05, 3.63) is 0 Å². The first-order chi connectivity index (χ1) is 9.98. The Kier molecular flexibility index (Phi) is 8.76. The maximum Gasteiger partial charge on any atom is 0.0928 e. The van der Waals surface area contributed by atoms with Crippen LogP contribution in [0.2, 0.25) is 0 Å². The molecule has 3 nitrogen and oxygen atoms in total. The van der Waals surface area contributed by atoms with Gasteiger partial charge in [0.05, 0.1) is 10.5 Å². The molecule has 0 saturated carbocycles. The SMILES string of the molecule is CCCCCCCCCN1CCN(C(C)(C)C(N)=S)CC1. The number of hydrogen-bond acceptors (Lipinski definition) is 3. The van der Waals surface area contributed by atoms with Crippen LogP contribution in [-0.2, 0) is 0 Å². The van der Waals surface area contributed by atoms with Gasteiger partial charge in [0.1, 0.15) is 0 Å². The van der Waals surface area contributed by atoms with Crippen molar-refractivity contribution in [1.82, 2.24) is 9.80 Å². The van der Waals surface area contributed by atoms with Gasteiger partial charge in [0.15, 0.2) is 0 Å². The Labute approximate surface area is 137 Å². The van der Waals surface area contributed by atoms with E-state index >= 15 is 0 Å². The zero-order chi connectivity index (χ0) is 15.7. The van der Waals surface area contributed by atoms with Gasteiger partial charge in [-0.1, -0.05) is 57.7 Å². The molecule has 0 aromatic rings. The van der Waals surface area contributed by atoms with Crippen molar-refractivity contribution >= 4 is 17.2 Å². The normalized spacial score (nSPS) is 18.0. The van der Waals surface area contributed by atoms with E-state index in [2.05, 4.69) is 30.6 Å². The maximum atomic E-state index is 5.86. The Morgan fingerprint density at radius 1 is 0.952 bits per heavy atom. The third-order valence-electron chi connectivity index (χ3n) is 4.84. The predicted molar refractivity (Wildman–Crippen MR) is 96.9 cm³/mol. The highest BCUT2D eigenvalue weighted by molar-refractivity contribution is 7.80. The van der Waals surface area contributed by atoms with E-state index < -0.39 is 0 Å². The molecule has 0 amide bonds. The van der Waals surface area contributed by atoms with Gasteiger partial charge in [0.2, 0.25) is 0 Å². The summed E-state index contributed by atoms with van der Waals surface area (Å²) in [6.07, 6.45) is 9.74. The van der Waals surface area contributed by atoms with E-state index in [0.29, 0.717) is 4.99 Å². The summed E-state index contributed by atoms with van der Waals surface area (Å²) in [7, 11) is 0. The summed E-state index contributed by atoms with van der Waals surface area (Å²) in [5.41, 5.74) is 5.72. The van der Waals surface area contributed by atoms with Crippen molar-refractivity contribution in [1.29, 1.82) is 0 Å². The molecule has 0 unspecified atom stereocenters. The molecule has 0 aromatic heterocycles. The minimum absolute atomic E-state index is 0.138. The topological polar surface area (TPSA) is 32.5 Å². The number of piperazine rings is 1. The van der Waals surface area contributed by atoms with Crippen LogP contribution in [0.1, 0.15) is 65.7 Å². The highest BCUT2D eigenvalue weighted by Crippen LogP contribution is 2.17. The molecular weight excluding hydrogens is 278 g/mol. The standard InChI is InChI=1S/C17H35N3S/c1-4-5-6-7-8-9-10-11-19-12-14-20(15-13-19)17(2,3)16(18)21/h4-15H2,1-3H3,(H2,18,21). The van der Waals surface area contributed by atoms with Gasteiger partial charge in [0, 0.05) is 26.2 Å². The second-order valence-electron chi connectivity index (χ2n) is 6.87. The average Bonchev–Trinajstić information content (AvgIpc) is 2.46. The molecule has 0 spiro atoms. The Hall–Kier alpha value is -0.190.